The zero-order chi connectivity index (χ0) is 15.5. The van der Waals surface area contributed by atoms with Crippen molar-refractivity contribution in [2.24, 2.45) is 5.41 Å². The molecular formula is C17H26N2O2. The van der Waals surface area contributed by atoms with Gasteiger partial charge in [-0.1, -0.05) is 45.0 Å². The van der Waals surface area contributed by atoms with E-state index in [1.165, 1.54) is 11.1 Å². The summed E-state index contributed by atoms with van der Waals surface area (Å²) in [5, 5.41) is 15.0. The summed E-state index contributed by atoms with van der Waals surface area (Å²) in [5.74, 6) is 0.429. The van der Waals surface area contributed by atoms with E-state index in [1.807, 2.05) is 6.07 Å². The maximum Gasteiger partial charge on any atom is 0.315 e. The number of carbonyl (C=O) groups excluding carboxylic acids is 1. The van der Waals surface area contributed by atoms with Crippen molar-refractivity contribution >= 4 is 6.03 Å². The number of rotatable bonds is 5. The Labute approximate surface area is 126 Å². The minimum Gasteiger partial charge on any atom is -0.396 e. The van der Waals surface area contributed by atoms with E-state index in [-0.39, 0.29) is 24.1 Å². The van der Waals surface area contributed by atoms with Crippen molar-refractivity contribution in [1.82, 2.24) is 10.6 Å². The summed E-state index contributed by atoms with van der Waals surface area (Å²) in [5.41, 5.74) is 2.67. The van der Waals surface area contributed by atoms with Crippen molar-refractivity contribution in [3.05, 3.63) is 35.4 Å². The van der Waals surface area contributed by atoms with E-state index in [2.05, 4.69) is 49.6 Å². The highest BCUT2D eigenvalue weighted by Crippen LogP contribution is 2.33. The van der Waals surface area contributed by atoms with Gasteiger partial charge in [0, 0.05) is 25.1 Å². The number of nitrogens with one attached hydrogen (secondary N) is 2. The molecule has 0 bridgehead atoms. The zero-order valence-electron chi connectivity index (χ0n) is 13.1. The monoisotopic (exact) mass is 290 g/mol. The van der Waals surface area contributed by atoms with Crippen molar-refractivity contribution in [2.75, 3.05) is 13.2 Å². The van der Waals surface area contributed by atoms with Crippen LogP contribution in [0.15, 0.2) is 24.3 Å². The fraction of sp³-hybridized carbons (Fsp3) is 0.588. The molecule has 4 nitrogen and oxygen atoms in total. The lowest BCUT2D eigenvalue weighted by Gasteiger charge is -2.33. The van der Waals surface area contributed by atoms with Gasteiger partial charge in [0.2, 0.25) is 0 Å². The summed E-state index contributed by atoms with van der Waals surface area (Å²) in [6.45, 7) is 6.94. The molecule has 0 radical (unpaired) electrons. The molecule has 2 amide bonds. The van der Waals surface area contributed by atoms with Crippen LogP contribution in [0.5, 0.6) is 0 Å². The van der Waals surface area contributed by atoms with Crippen LogP contribution in [-0.4, -0.2) is 30.3 Å². The Hall–Kier alpha value is -1.55. The van der Waals surface area contributed by atoms with Crippen molar-refractivity contribution in [2.45, 2.75) is 45.6 Å². The summed E-state index contributed by atoms with van der Waals surface area (Å²) in [4.78, 5) is 12.0. The van der Waals surface area contributed by atoms with E-state index in [0.29, 0.717) is 18.9 Å². The Kier molecular flexibility index (Phi) is 4.88. The van der Waals surface area contributed by atoms with Gasteiger partial charge in [-0.05, 0) is 29.4 Å². The first-order valence-corrected chi connectivity index (χ1v) is 7.65. The van der Waals surface area contributed by atoms with E-state index in [0.717, 1.165) is 6.42 Å². The summed E-state index contributed by atoms with van der Waals surface area (Å²) in [7, 11) is 0. The largest absolute Gasteiger partial charge is 0.396 e. The van der Waals surface area contributed by atoms with Crippen LogP contribution >= 0.6 is 0 Å². The van der Waals surface area contributed by atoms with Crippen LogP contribution in [0.1, 0.15) is 44.2 Å². The van der Waals surface area contributed by atoms with Crippen molar-refractivity contribution < 1.29 is 9.90 Å². The predicted molar refractivity (Wildman–Crippen MR) is 84.4 cm³/mol. The Morgan fingerprint density at radius 1 is 1.38 bits per heavy atom. The zero-order valence-corrected chi connectivity index (χ0v) is 13.1. The lowest BCUT2D eigenvalue weighted by atomic mass is 9.78. The number of fused-ring (bicyclic) bond motifs is 1. The number of aliphatic hydroxyl groups excluding tert-OH is 1. The third-order valence-electron chi connectivity index (χ3n) is 4.24. The summed E-state index contributed by atoms with van der Waals surface area (Å²) < 4.78 is 0. The van der Waals surface area contributed by atoms with Gasteiger partial charge in [-0.25, -0.2) is 4.79 Å². The third kappa shape index (κ3) is 3.97. The summed E-state index contributed by atoms with van der Waals surface area (Å²) >= 11 is 0. The molecular weight excluding hydrogens is 264 g/mol. The molecule has 1 aromatic carbocycles. The van der Waals surface area contributed by atoms with Crippen LogP contribution in [0.4, 0.5) is 4.79 Å². The average Bonchev–Trinajstić information content (AvgIpc) is 2.38. The van der Waals surface area contributed by atoms with Gasteiger partial charge < -0.3 is 15.7 Å². The van der Waals surface area contributed by atoms with E-state index in [1.54, 1.807) is 0 Å². The molecule has 0 aromatic heterocycles. The minimum atomic E-state index is -0.146. The second kappa shape index (κ2) is 6.48. The van der Waals surface area contributed by atoms with Crippen molar-refractivity contribution in [3.8, 4) is 0 Å². The number of urea groups is 1. The standard InChI is InChI=1S/C17H26N2O2/c1-17(2,3)15(8-9-20)19-16(21)18-11-13-10-12-6-4-5-7-14(12)13/h4-7,13,15,20H,8-11H2,1-3H3,(H2,18,19,21)/t13-,15+/m0/s1. The molecule has 116 valence electrons. The molecule has 1 aliphatic carbocycles. The quantitative estimate of drug-likeness (QED) is 0.780. The first-order chi connectivity index (χ1) is 9.91. The Bertz CT molecular complexity index is 494. The fourth-order valence-electron chi connectivity index (χ4n) is 2.82. The van der Waals surface area contributed by atoms with E-state index >= 15 is 0 Å². The molecule has 2 atom stereocenters. The smallest absolute Gasteiger partial charge is 0.315 e. The molecule has 0 saturated heterocycles. The molecule has 21 heavy (non-hydrogen) atoms. The molecule has 0 heterocycles. The predicted octanol–water partition coefficient (Wildman–Crippen LogP) is 2.42. The number of hydrogen-bond donors (Lipinski definition) is 3. The second-order valence-corrected chi connectivity index (χ2v) is 6.89. The first kappa shape index (κ1) is 15.8. The topological polar surface area (TPSA) is 61.4 Å². The van der Waals surface area contributed by atoms with Gasteiger partial charge in [0.05, 0.1) is 0 Å². The van der Waals surface area contributed by atoms with E-state index in [4.69, 9.17) is 5.11 Å². The average molecular weight is 290 g/mol. The second-order valence-electron chi connectivity index (χ2n) is 6.89. The number of hydrogen-bond acceptors (Lipinski definition) is 2. The lowest BCUT2D eigenvalue weighted by molar-refractivity contribution is 0.189. The molecule has 1 aliphatic rings. The third-order valence-corrected chi connectivity index (χ3v) is 4.24. The van der Waals surface area contributed by atoms with Crippen LogP contribution in [0.3, 0.4) is 0 Å². The van der Waals surface area contributed by atoms with Crippen LogP contribution in [0.2, 0.25) is 0 Å². The molecule has 0 fully saturated rings. The van der Waals surface area contributed by atoms with Crippen LogP contribution in [0, 0.1) is 5.41 Å². The van der Waals surface area contributed by atoms with Gasteiger partial charge >= 0.3 is 6.03 Å². The highest BCUT2D eigenvalue weighted by molar-refractivity contribution is 5.74. The normalized spacial score (nSPS) is 18.4. The molecule has 0 spiro atoms. The lowest BCUT2D eigenvalue weighted by Crippen LogP contribution is -2.49. The van der Waals surface area contributed by atoms with Crippen molar-refractivity contribution in [1.29, 1.82) is 0 Å². The number of benzene rings is 1. The maximum atomic E-state index is 12.0. The van der Waals surface area contributed by atoms with Crippen LogP contribution < -0.4 is 10.6 Å². The number of amides is 2. The molecule has 3 N–H and O–H groups in total. The molecule has 0 saturated carbocycles. The molecule has 0 aliphatic heterocycles. The Morgan fingerprint density at radius 2 is 2.10 bits per heavy atom. The summed E-state index contributed by atoms with van der Waals surface area (Å²) in [6.07, 6.45) is 1.61. The number of aliphatic hydroxyl groups is 1. The molecule has 1 aromatic rings. The Balaban J connectivity index is 1.80. The number of carbonyl (C=O) groups is 1. The fourth-order valence-corrected chi connectivity index (χ4v) is 2.82. The van der Waals surface area contributed by atoms with Gasteiger partial charge in [-0.3, -0.25) is 0 Å². The molecule has 0 unspecified atom stereocenters. The van der Waals surface area contributed by atoms with Gasteiger partial charge in [-0.2, -0.15) is 0 Å². The first-order valence-electron chi connectivity index (χ1n) is 7.65. The van der Waals surface area contributed by atoms with Crippen LogP contribution in [0.25, 0.3) is 0 Å². The minimum absolute atomic E-state index is 0.0313. The maximum absolute atomic E-state index is 12.0. The van der Waals surface area contributed by atoms with Gasteiger partial charge in [0.15, 0.2) is 0 Å². The highest BCUT2D eigenvalue weighted by atomic mass is 16.3. The summed E-state index contributed by atoms with van der Waals surface area (Å²) in [6, 6.07) is 8.19. The SMILES string of the molecule is CC(C)(C)[C@@H](CCO)NC(=O)NC[C@@H]1Cc2ccccc21. The van der Waals surface area contributed by atoms with Crippen LogP contribution in [-0.2, 0) is 6.42 Å². The highest BCUT2D eigenvalue weighted by Gasteiger charge is 2.28. The van der Waals surface area contributed by atoms with Gasteiger partial charge in [-0.15, -0.1) is 0 Å². The van der Waals surface area contributed by atoms with Gasteiger partial charge in [0.1, 0.15) is 0 Å². The molecule has 2 rings (SSSR count). The van der Waals surface area contributed by atoms with Crippen molar-refractivity contribution in [3.63, 3.8) is 0 Å². The van der Waals surface area contributed by atoms with Gasteiger partial charge in [0.25, 0.3) is 0 Å². The van der Waals surface area contributed by atoms with E-state index in [9.17, 15) is 4.79 Å². The van der Waals surface area contributed by atoms with E-state index < -0.39 is 0 Å². The molecule has 4 heteroatoms. The Morgan fingerprint density at radius 3 is 2.71 bits per heavy atom.